The molecule has 166 valence electrons. The number of benzene rings is 1. The van der Waals surface area contributed by atoms with E-state index >= 15 is 0 Å². The van der Waals surface area contributed by atoms with E-state index in [-0.39, 0.29) is 17.3 Å². The minimum atomic E-state index is -0.389. The highest BCUT2D eigenvalue weighted by atomic mass is 32.2. The zero-order chi connectivity index (χ0) is 22.8. The molecule has 3 aromatic rings. The molecule has 3 heterocycles. The van der Waals surface area contributed by atoms with Crippen LogP contribution < -0.4 is 15.0 Å². The Labute approximate surface area is 190 Å². The number of fused-ring (bicyclic) bond motifs is 1. The zero-order valence-electron chi connectivity index (χ0n) is 18.3. The first-order valence-electron chi connectivity index (χ1n) is 10.4. The van der Waals surface area contributed by atoms with Gasteiger partial charge in [0.05, 0.1) is 16.7 Å². The van der Waals surface area contributed by atoms with E-state index < -0.39 is 0 Å². The Bertz CT molecular complexity index is 1200. The first kappa shape index (κ1) is 21.9. The molecule has 4 rings (SSSR count). The Morgan fingerprint density at radius 3 is 2.59 bits per heavy atom. The summed E-state index contributed by atoms with van der Waals surface area (Å²) >= 11 is 0.881. The van der Waals surface area contributed by atoms with Gasteiger partial charge < -0.3 is 14.1 Å². The molecule has 32 heavy (non-hydrogen) atoms. The number of carbonyl (C=O) groups is 2. The van der Waals surface area contributed by atoms with Crippen LogP contribution in [0.25, 0.3) is 28.4 Å². The van der Waals surface area contributed by atoms with E-state index in [4.69, 9.17) is 9.15 Å². The molecule has 1 N–H and O–H groups in total. The maximum absolute atomic E-state index is 11.7. The molecule has 8 nitrogen and oxygen atoms in total. The SMILES string of the molecule is CCN(CC)c1nc2cc(-c3ccc(C=C4SC(=O)NC4=O)cn3)cc(OC(C)C)c2o1. The molecule has 2 aromatic heterocycles. The lowest BCUT2D eigenvalue weighted by molar-refractivity contribution is -0.115. The van der Waals surface area contributed by atoms with E-state index in [2.05, 4.69) is 29.1 Å². The number of hydrogen-bond donors (Lipinski definition) is 1. The number of rotatable bonds is 7. The van der Waals surface area contributed by atoms with Gasteiger partial charge in [-0.1, -0.05) is 6.07 Å². The van der Waals surface area contributed by atoms with Crippen molar-refractivity contribution >= 4 is 46.1 Å². The van der Waals surface area contributed by atoms with Crippen LogP contribution in [0, 0.1) is 0 Å². The van der Waals surface area contributed by atoms with Crippen molar-refractivity contribution in [1.82, 2.24) is 15.3 Å². The second-order valence-corrected chi connectivity index (χ2v) is 8.50. The minimum Gasteiger partial charge on any atom is -0.487 e. The van der Waals surface area contributed by atoms with Crippen molar-refractivity contribution in [2.45, 2.75) is 33.8 Å². The lowest BCUT2D eigenvalue weighted by Gasteiger charge is -2.14. The fraction of sp³-hybridized carbons (Fsp3) is 0.304. The van der Waals surface area contributed by atoms with Gasteiger partial charge in [0.2, 0.25) is 0 Å². The number of pyridine rings is 1. The van der Waals surface area contributed by atoms with Gasteiger partial charge in [-0.25, -0.2) is 0 Å². The number of hydrogen-bond acceptors (Lipinski definition) is 8. The highest BCUT2D eigenvalue weighted by Crippen LogP contribution is 2.35. The molecule has 1 aliphatic rings. The number of nitrogens with zero attached hydrogens (tertiary/aromatic N) is 3. The minimum absolute atomic E-state index is 0.0322. The molecule has 9 heteroatoms. The molecule has 0 radical (unpaired) electrons. The first-order chi connectivity index (χ1) is 15.4. The van der Waals surface area contributed by atoms with Crippen LogP contribution in [0.4, 0.5) is 10.8 Å². The van der Waals surface area contributed by atoms with Crippen LogP contribution in [-0.2, 0) is 4.79 Å². The number of nitrogens with one attached hydrogen (secondary N) is 1. The molecule has 2 amide bonds. The number of anilines is 1. The maximum atomic E-state index is 11.7. The van der Waals surface area contributed by atoms with Crippen LogP contribution in [-0.4, -0.2) is 40.3 Å². The zero-order valence-corrected chi connectivity index (χ0v) is 19.2. The van der Waals surface area contributed by atoms with Crippen LogP contribution in [0.5, 0.6) is 5.75 Å². The summed E-state index contributed by atoms with van der Waals surface area (Å²) in [5.74, 6) is 0.226. The Morgan fingerprint density at radius 2 is 2.00 bits per heavy atom. The number of carbonyl (C=O) groups excluding carboxylic acids is 2. The highest BCUT2D eigenvalue weighted by molar-refractivity contribution is 8.18. The van der Waals surface area contributed by atoms with Crippen LogP contribution >= 0.6 is 11.8 Å². The molecule has 0 aliphatic carbocycles. The highest BCUT2D eigenvalue weighted by Gasteiger charge is 2.25. The van der Waals surface area contributed by atoms with Crippen molar-refractivity contribution in [1.29, 1.82) is 0 Å². The number of thioether (sulfide) groups is 1. The fourth-order valence-electron chi connectivity index (χ4n) is 3.34. The molecule has 0 saturated carbocycles. The standard InChI is InChI=1S/C23H24N4O4S/c1-5-27(6-2)22-25-17-10-15(11-18(20(17)31-22)30-13(3)4)16-8-7-14(12-24-16)9-19-21(28)26-23(29)32-19/h7-13H,5-6H2,1-4H3,(H,26,28,29). The molecule has 0 bridgehead atoms. The largest absolute Gasteiger partial charge is 0.487 e. The van der Waals surface area contributed by atoms with Gasteiger partial charge in [-0.15, -0.1) is 0 Å². The lowest BCUT2D eigenvalue weighted by Crippen LogP contribution is -2.21. The molecule has 1 aliphatic heterocycles. The molecule has 1 saturated heterocycles. The third kappa shape index (κ3) is 4.47. The summed E-state index contributed by atoms with van der Waals surface area (Å²) in [6.45, 7) is 9.61. The van der Waals surface area contributed by atoms with Gasteiger partial charge in [0.15, 0.2) is 11.3 Å². The van der Waals surface area contributed by atoms with E-state index in [1.807, 2.05) is 43.0 Å². The van der Waals surface area contributed by atoms with Crippen molar-refractivity contribution in [3.63, 3.8) is 0 Å². The van der Waals surface area contributed by atoms with Crippen LogP contribution in [0.1, 0.15) is 33.3 Å². The number of amides is 2. The average Bonchev–Trinajstić information content (AvgIpc) is 3.31. The Balaban J connectivity index is 1.71. The van der Waals surface area contributed by atoms with Crippen molar-refractivity contribution in [2.75, 3.05) is 18.0 Å². The third-order valence-electron chi connectivity index (χ3n) is 4.86. The van der Waals surface area contributed by atoms with Crippen LogP contribution in [0.3, 0.4) is 0 Å². The summed E-state index contributed by atoms with van der Waals surface area (Å²) in [5, 5.41) is 1.88. The molecule has 1 fully saturated rings. The second kappa shape index (κ2) is 9.04. The monoisotopic (exact) mass is 452 g/mol. The Hall–Kier alpha value is -3.33. The number of imide groups is 1. The topological polar surface area (TPSA) is 97.6 Å². The predicted molar refractivity (Wildman–Crippen MR) is 126 cm³/mol. The quantitative estimate of drug-likeness (QED) is 0.508. The third-order valence-corrected chi connectivity index (χ3v) is 5.67. The van der Waals surface area contributed by atoms with Gasteiger partial charge in [0.25, 0.3) is 17.2 Å². The average molecular weight is 453 g/mol. The Kier molecular flexibility index (Phi) is 6.18. The second-order valence-electron chi connectivity index (χ2n) is 7.49. The van der Waals surface area contributed by atoms with Gasteiger partial charge in [0.1, 0.15) is 5.52 Å². The first-order valence-corrected chi connectivity index (χ1v) is 11.3. The molecule has 0 atom stereocenters. The van der Waals surface area contributed by atoms with Crippen LogP contribution in [0.15, 0.2) is 39.8 Å². The smallest absolute Gasteiger partial charge is 0.298 e. The van der Waals surface area contributed by atoms with Gasteiger partial charge in [-0.05, 0) is 69.3 Å². The Morgan fingerprint density at radius 1 is 1.22 bits per heavy atom. The molecule has 0 unspecified atom stereocenters. The van der Waals surface area contributed by atoms with Gasteiger partial charge in [-0.2, -0.15) is 4.98 Å². The lowest BCUT2D eigenvalue weighted by atomic mass is 10.1. The van der Waals surface area contributed by atoms with Crippen molar-refractivity contribution < 1.29 is 18.7 Å². The van der Waals surface area contributed by atoms with Gasteiger partial charge in [0, 0.05) is 24.8 Å². The maximum Gasteiger partial charge on any atom is 0.298 e. The number of aromatic nitrogens is 2. The summed E-state index contributed by atoms with van der Waals surface area (Å²) in [6, 6.07) is 8.10. The number of oxazole rings is 1. The van der Waals surface area contributed by atoms with E-state index in [0.29, 0.717) is 27.8 Å². The van der Waals surface area contributed by atoms with Gasteiger partial charge in [-0.3, -0.25) is 19.9 Å². The number of ether oxygens (including phenoxy) is 1. The summed E-state index contributed by atoms with van der Waals surface area (Å²) in [5.41, 5.74) is 3.61. The summed E-state index contributed by atoms with van der Waals surface area (Å²) in [4.78, 5) is 34.7. The van der Waals surface area contributed by atoms with Gasteiger partial charge >= 0.3 is 0 Å². The predicted octanol–water partition coefficient (Wildman–Crippen LogP) is 4.85. The molecular weight excluding hydrogens is 428 g/mol. The van der Waals surface area contributed by atoms with E-state index in [1.54, 1.807) is 12.3 Å². The van der Waals surface area contributed by atoms with E-state index in [9.17, 15) is 9.59 Å². The fourth-order valence-corrected chi connectivity index (χ4v) is 4.03. The summed E-state index contributed by atoms with van der Waals surface area (Å²) in [6.07, 6.45) is 3.28. The van der Waals surface area contributed by atoms with Crippen LogP contribution in [0.2, 0.25) is 0 Å². The normalized spacial score (nSPS) is 15.1. The summed E-state index contributed by atoms with van der Waals surface area (Å²) < 4.78 is 12.1. The molecule has 0 spiro atoms. The van der Waals surface area contributed by atoms with Crippen molar-refractivity contribution in [2.24, 2.45) is 0 Å². The molecule has 1 aromatic carbocycles. The molecular formula is C23H24N4O4S. The van der Waals surface area contributed by atoms with Crippen molar-refractivity contribution in [3.8, 4) is 17.0 Å². The summed E-state index contributed by atoms with van der Waals surface area (Å²) in [7, 11) is 0. The van der Waals surface area contributed by atoms with E-state index in [1.165, 1.54) is 0 Å². The van der Waals surface area contributed by atoms with E-state index in [0.717, 1.165) is 41.7 Å². The van der Waals surface area contributed by atoms with Crippen molar-refractivity contribution in [3.05, 3.63) is 40.9 Å².